The molecule has 0 aromatic heterocycles. The average molecular weight is 764 g/mol. The van der Waals surface area contributed by atoms with Crippen molar-refractivity contribution in [2.24, 2.45) is 0 Å². The third kappa shape index (κ3) is 37.5. The summed E-state index contributed by atoms with van der Waals surface area (Å²) in [5.41, 5.74) is 0. The van der Waals surface area contributed by atoms with E-state index in [-0.39, 0.29) is 24.9 Å². The summed E-state index contributed by atoms with van der Waals surface area (Å²) >= 11 is 0. The molecule has 0 rings (SSSR count). The molecular weight excluding hydrogens is 671 g/mol. The van der Waals surface area contributed by atoms with Crippen LogP contribution in [0.1, 0.15) is 258 Å². The number of hydrogen-bond acceptors (Lipinski definition) is 5. The number of carbonyl (C=O) groups excluding carboxylic acids is 2. The van der Waals surface area contributed by atoms with Crippen molar-refractivity contribution < 1.29 is 24.5 Å². The molecule has 6 heteroatoms. The number of aliphatic hydroxyl groups excluding tert-OH is 2. The molecule has 3 N–H and O–H groups in total. The third-order valence-corrected chi connectivity index (χ3v) is 11.1. The van der Waals surface area contributed by atoms with Crippen LogP contribution in [-0.4, -0.2) is 46.9 Å². The van der Waals surface area contributed by atoms with E-state index in [0.29, 0.717) is 19.3 Å². The summed E-state index contributed by atoms with van der Waals surface area (Å²) in [7, 11) is 0. The van der Waals surface area contributed by atoms with E-state index in [0.717, 1.165) is 51.4 Å². The summed E-state index contributed by atoms with van der Waals surface area (Å²) in [4.78, 5) is 25.9. The van der Waals surface area contributed by atoms with Gasteiger partial charge in [-0.3, -0.25) is 9.59 Å². The minimum Gasteiger partial charge on any atom is -0.462 e. The first-order chi connectivity index (χ1) is 26.5. The standard InChI is InChI=1S/C48H93NO5/c1-4-7-10-13-16-19-21-22-23-24-26-28-31-34-37-40-46(51)45(43-50)49-47(52)42-44(39-36-33-30-27-18-15-12-9-6-3)54-48(53)41-38-35-32-29-25-20-17-14-11-8-5-2/h14,17,44-46,50-51H,4-13,15-16,18-43H2,1-3H3,(H,49,52)/b17-14-. The summed E-state index contributed by atoms with van der Waals surface area (Å²) < 4.78 is 5.89. The summed E-state index contributed by atoms with van der Waals surface area (Å²) in [5, 5.41) is 23.7. The molecule has 0 heterocycles. The predicted octanol–water partition coefficient (Wildman–Crippen LogP) is 13.8. The zero-order valence-electron chi connectivity index (χ0n) is 36.4. The summed E-state index contributed by atoms with van der Waals surface area (Å²) in [6.07, 6.45) is 45.6. The molecule has 0 saturated heterocycles. The number of ether oxygens (including phenoxy) is 1. The molecular formula is C48H93NO5. The van der Waals surface area contributed by atoms with Crippen LogP contribution in [0, 0.1) is 0 Å². The number of hydrogen-bond donors (Lipinski definition) is 3. The Morgan fingerprint density at radius 2 is 0.907 bits per heavy atom. The van der Waals surface area contributed by atoms with Crippen LogP contribution in [0.4, 0.5) is 0 Å². The number of nitrogens with one attached hydrogen (secondary N) is 1. The molecule has 3 unspecified atom stereocenters. The van der Waals surface area contributed by atoms with Crippen LogP contribution >= 0.6 is 0 Å². The lowest BCUT2D eigenvalue weighted by molar-refractivity contribution is -0.151. The zero-order chi connectivity index (χ0) is 39.6. The fourth-order valence-corrected chi connectivity index (χ4v) is 7.41. The minimum absolute atomic E-state index is 0.0801. The van der Waals surface area contributed by atoms with Gasteiger partial charge in [0.05, 0.1) is 25.2 Å². The molecule has 0 saturated carbocycles. The smallest absolute Gasteiger partial charge is 0.306 e. The molecule has 0 aromatic rings. The highest BCUT2D eigenvalue weighted by Gasteiger charge is 2.24. The van der Waals surface area contributed by atoms with Gasteiger partial charge in [0.25, 0.3) is 0 Å². The van der Waals surface area contributed by atoms with E-state index in [1.54, 1.807) is 0 Å². The SMILES string of the molecule is CCCC/C=C\CCCCCCCC(=O)OC(CCCCCCCCCCC)CC(=O)NC(CO)C(O)CCCCCCCCCCCCCCCCC. The highest BCUT2D eigenvalue weighted by atomic mass is 16.5. The van der Waals surface area contributed by atoms with Crippen LogP contribution in [0.5, 0.6) is 0 Å². The van der Waals surface area contributed by atoms with Gasteiger partial charge in [-0.25, -0.2) is 0 Å². The first kappa shape index (κ1) is 52.6. The van der Waals surface area contributed by atoms with Crippen LogP contribution in [0.3, 0.4) is 0 Å². The molecule has 54 heavy (non-hydrogen) atoms. The van der Waals surface area contributed by atoms with Gasteiger partial charge >= 0.3 is 5.97 Å². The van der Waals surface area contributed by atoms with E-state index in [4.69, 9.17) is 4.74 Å². The molecule has 3 atom stereocenters. The van der Waals surface area contributed by atoms with Gasteiger partial charge in [0.15, 0.2) is 0 Å². The van der Waals surface area contributed by atoms with Gasteiger partial charge in [-0.15, -0.1) is 0 Å². The monoisotopic (exact) mass is 764 g/mol. The maximum Gasteiger partial charge on any atom is 0.306 e. The normalized spacial score (nSPS) is 13.4. The second-order valence-corrected chi connectivity index (χ2v) is 16.5. The van der Waals surface area contributed by atoms with Crippen molar-refractivity contribution in [2.75, 3.05) is 6.61 Å². The number of esters is 1. The van der Waals surface area contributed by atoms with Crippen molar-refractivity contribution in [1.29, 1.82) is 0 Å². The summed E-state index contributed by atoms with van der Waals surface area (Å²) in [6.45, 7) is 6.44. The predicted molar refractivity (Wildman–Crippen MR) is 232 cm³/mol. The zero-order valence-corrected chi connectivity index (χ0v) is 36.4. The average Bonchev–Trinajstić information content (AvgIpc) is 3.16. The number of carbonyl (C=O) groups is 2. The maximum atomic E-state index is 13.1. The van der Waals surface area contributed by atoms with Crippen LogP contribution in [0.15, 0.2) is 12.2 Å². The van der Waals surface area contributed by atoms with E-state index in [9.17, 15) is 19.8 Å². The molecule has 0 spiro atoms. The second kappa shape index (κ2) is 42.7. The van der Waals surface area contributed by atoms with Crippen molar-refractivity contribution in [3.05, 3.63) is 12.2 Å². The molecule has 0 aromatic carbocycles. The Balaban J connectivity index is 4.44. The van der Waals surface area contributed by atoms with Crippen molar-refractivity contribution in [3.63, 3.8) is 0 Å². The van der Waals surface area contributed by atoms with Gasteiger partial charge in [-0.2, -0.15) is 0 Å². The molecule has 0 aliphatic carbocycles. The fraction of sp³-hybridized carbons (Fsp3) is 0.917. The van der Waals surface area contributed by atoms with E-state index in [1.165, 1.54) is 161 Å². The van der Waals surface area contributed by atoms with Gasteiger partial charge < -0.3 is 20.3 Å². The van der Waals surface area contributed by atoms with E-state index < -0.39 is 18.2 Å². The van der Waals surface area contributed by atoms with Crippen LogP contribution in [0.25, 0.3) is 0 Å². The highest BCUT2D eigenvalue weighted by Crippen LogP contribution is 2.18. The lowest BCUT2D eigenvalue weighted by Crippen LogP contribution is -2.46. The largest absolute Gasteiger partial charge is 0.462 e. The molecule has 0 radical (unpaired) electrons. The molecule has 6 nitrogen and oxygen atoms in total. The van der Waals surface area contributed by atoms with E-state index >= 15 is 0 Å². The number of unbranched alkanes of at least 4 members (excludes halogenated alkanes) is 29. The van der Waals surface area contributed by atoms with Gasteiger partial charge in [0.2, 0.25) is 5.91 Å². The van der Waals surface area contributed by atoms with E-state index in [1.807, 2.05) is 0 Å². The van der Waals surface area contributed by atoms with Gasteiger partial charge in [-0.1, -0.05) is 213 Å². The minimum atomic E-state index is -0.781. The molecule has 320 valence electrons. The first-order valence-electron chi connectivity index (χ1n) is 23.9. The third-order valence-electron chi connectivity index (χ3n) is 11.1. The molecule has 0 fully saturated rings. The van der Waals surface area contributed by atoms with Crippen molar-refractivity contribution in [3.8, 4) is 0 Å². The first-order valence-corrected chi connectivity index (χ1v) is 23.9. The topological polar surface area (TPSA) is 95.9 Å². The van der Waals surface area contributed by atoms with Crippen LogP contribution in [0.2, 0.25) is 0 Å². The molecule has 0 aliphatic heterocycles. The maximum absolute atomic E-state index is 13.1. The van der Waals surface area contributed by atoms with Crippen molar-refractivity contribution in [1.82, 2.24) is 5.32 Å². The Hall–Kier alpha value is -1.40. The Morgan fingerprint density at radius 3 is 1.37 bits per heavy atom. The summed E-state index contributed by atoms with van der Waals surface area (Å²) in [5.74, 6) is -0.475. The Bertz CT molecular complexity index is 817. The van der Waals surface area contributed by atoms with Crippen LogP contribution < -0.4 is 5.32 Å². The number of aliphatic hydroxyl groups is 2. The number of rotatable bonds is 43. The molecule has 0 bridgehead atoms. The van der Waals surface area contributed by atoms with Crippen molar-refractivity contribution in [2.45, 2.75) is 277 Å². The van der Waals surface area contributed by atoms with Gasteiger partial charge in [-0.05, 0) is 44.9 Å². The van der Waals surface area contributed by atoms with Crippen LogP contribution in [-0.2, 0) is 14.3 Å². The molecule has 1 amide bonds. The summed E-state index contributed by atoms with van der Waals surface area (Å²) in [6, 6.07) is -0.694. The highest BCUT2D eigenvalue weighted by molar-refractivity contribution is 5.77. The van der Waals surface area contributed by atoms with Gasteiger partial charge in [0, 0.05) is 6.42 Å². The van der Waals surface area contributed by atoms with E-state index in [2.05, 4.69) is 38.2 Å². The Morgan fingerprint density at radius 1 is 0.519 bits per heavy atom. The number of amides is 1. The fourth-order valence-electron chi connectivity index (χ4n) is 7.41. The number of allylic oxidation sites excluding steroid dienone is 2. The lowest BCUT2D eigenvalue weighted by atomic mass is 10.0. The second-order valence-electron chi connectivity index (χ2n) is 16.5. The van der Waals surface area contributed by atoms with Crippen molar-refractivity contribution >= 4 is 11.9 Å². The Kier molecular flexibility index (Phi) is 41.6. The lowest BCUT2D eigenvalue weighted by Gasteiger charge is -2.24. The quantitative estimate of drug-likeness (QED) is 0.0326. The van der Waals surface area contributed by atoms with Gasteiger partial charge in [0.1, 0.15) is 6.10 Å². The molecule has 0 aliphatic rings. The Labute approximate surface area is 336 Å².